The van der Waals surface area contributed by atoms with E-state index in [2.05, 4.69) is 16.1 Å². The fraction of sp³-hybridized carbons (Fsp3) is 0.417. The average molecular weight is 313 g/mol. The number of hydrogen-bond donors (Lipinski definition) is 1. The standard InChI is InChI=1S/C12H13BrN2O3/c13-14-11(16)9-3-1-2-4-10(9)15(17)12(14)5-7-18-8-6-12/h1-4,17H,5-8H2. The Morgan fingerprint density at radius 3 is 2.67 bits per heavy atom. The van der Waals surface area contributed by atoms with Crippen LogP contribution in [-0.4, -0.2) is 33.9 Å². The van der Waals surface area contributed by atoms with E-state index in [1.807, 2.05) is 6.07 Å². The average Bonchev–Trinajstić information content (AvgIpc) is 2.44. The minimum absolute atomic E-state index is 0.127. The first-order valence-electron chi connectivity index (χ1n) is 5.83. The van der Waals surface area contributed by atoms with E-state index >= 15 is 0 Å². The zero-order valence-electron chi connectivity index (χ0n) is 9.67. The van der Waals surface area contributed by atoms with Crippen molar-refractivity contribution in [2.45, 2.75) is 18.5 Å². The van der Waals surface area contributed by atoms with Crippen LogP contribution in [0.5, 0.6) is 0 Å². The first-order chi connectivity index (χ1) is 8.67. The van der Waals surface area contributed by atoms with Gasteiger partial charge in [-0.2, -0.15) is 0 Å². The Labute approximate surface area is 113 Å². The first kappa shape index (κ1) is 12.0. The van der Waals surface area contributed by atoms with Gasteiger partial charge in [-0.05, 0) is 12.1 Å². The molecule has 0 atom stereocenters. The molecular weight excluding hydrogens is 300 g/mol. The lowest BCUT2D eigenvalue weighted by atomic mass is 9.94. The molecule has 2 aliphatic heterocycles. The van der Waals surface area contributed by atoms with Gasteiger partial charge in [-0.15, -0.1) is 0 Å². The summed E-state index contributed by atoms with van der Waals surface area (Å²) in [6.07, 6.45) is 1.13. The van der Waals surface area contributed by atoms with Gasteiger partial charge in [0.2, 0.25) is 0 Å². The molecule has 1 aromatic carbocycles. The van der Waals surface area contributed by atoms with E-state index in [0.717, 1.165) is 0 Å². The number of anilines is 1. The lowest BCUT2D eigenvalue weighted by Gasteiger charge is -2.50. The minimum Gasteiger partial charge on any atom is -0.381 e. The van der Waals surface area contributed by atoms with Crippen LogP contribution in [0.1, 0.15) is 23.2 Å². The fourth-order valence-corrected chi connectivity index (χ4v) is 3.24. The van der Waals surface area contributed by atoms with Gasteiger partial charge < -0.3 is 4.74 Å². The summed E-state index contributed by atoms with van der Waals surface area (Å²) in [4.78, 5) is 12.3. The molecule has 5 nitrogen and oxygen atoms in total. The van der Waals surface area contributed by atoms with E-state index in [-0.39, 0.29) is 5.91 Å². The molecule has 1 fully saturated rings. The second-order valence-corrected chi connectivity index (χ2v) is 5.22. The third-order valence-electron chi connectivity index (χ3n) is 3.59. The molecule has 0 aromatic heterocycles. The molecule has 1 N–H and O–H groups in total. The number of rotatable bonds is 0. The number of amides is 1. The highest BCUT2D eigenvalue weighted by atomic mass is 79.9. The normalized spacial score (nSPS) is 22.2. The fourth-order valence-electron chi connectivity index (χ4n) is 2.55. The molecule has 2 heterocycles. The van der Waals surface area contributed by atoms with E-state index < -0.39 is 5.66 Å². The summed E-state index contributed by atoms with van der Waals surface area (Å²) in [7, 11) is 0. The summed E-state index contributed by atoms with van der Waals surface area (Å²) in [6.45, 7) is 1.04. The van der Waals surface area contributed by atoms with Gasteiger partial charge in [0, 0.05) is 12.8 Å². The van der Waals surface area contributed by atoms with Crippen LogP contribution in [0.3, 0.4) is 0 Å². The topological polar surface area (TPSA) is 53.0 Å². The highest BCUT2D eigenvalue weighted by Gasteiger charge is 2.50. The van der Waals surface area contributed by atoms with Crippen molar-refractivity contribution < 1.29 is 14.7 Å². The molecular formula is C12H13BrN2O3. The van der Waals surface area contributed by atoms with Crippen molar-refractivity contribution in [2.24, 2.45) is 0 Å². The number of para-hydroxylation sites is 1. The summed E-state index contributed by atoms with van der Waals surface area (Å²) in [5, 5.41) is 11.7. The summed E-state index contributed by atoms with van der Waals surface area (Å²) in [5.41, 5.74) is 0.304. The highest BCUT2D eigenvalue weighted by Crippen LogP contribution is 2.42. The van der Waals surface area contributed by atoms with Crippen LogP contribution in [0.25, 0.3) is 0 Å². The second kappa shape index (κ2) is 4.22. The summed E-state index contributed by atoms with van der Waals surface area (Å²) in [6, 6.07) is 7.06. The Bertz CT molecular complexity index is 488. The molecule has 1 aromatic rings. The number of carbonyl (C=O) groups is 1. The Balaban J connectivity index is 2.12. The quantitative estimate of drug-likeness (QED) is 0.746. The van der Waals surface area contributed by atoms with E-state index in [1.54, 1.807) is 18.2 Å². The SMILES string of the molecule is O=C1c2ccccc2N(O)C2(CCOCC2)N1Br. The van der Waals surface area contributed by atoms with Crippen LogP contribution < -0.4 is 5.06 Å². The maximum atomic E-state index is 12.3. The largest absolute Gasteiger partial charge is 0.381 e. The molecule has 18 heavy (non-hydrogen) atoms. The molecule has 1 amide bonds. The van der Waals surface area contributed by atoms with Gasteiger partial charge in [0.15, 0.2) is 5.66 Å². The number of halogens is 1. The van der Waals surface area contributed by atoms with Crippen LogP contribution in [-0.2, 0) is 4.74 Å². The van der Waals surface area contributed by atoms with Gasteiger partial charge in [-0.1, -0.05) is 12.1 Å². The van der Waals surface area contributed by atoms with Crippen LogP contribution >= 0.6 is 16.1 Å². The maximum absolute atomic E-state index is 12.3. The van der Waals surface area contributed by atoms with E-state index in [1.165, 1.54) is 8.99 Å². The summed E-state index contributed by atoms with van der Waals surface area (Å²) < 4.78 is 6.77. The molecule has 1 saturated heterocycles. The predicted octanol–water partition coefficient (Wildman–Crippen LogP) is 2.15. The van der Waals surface area contributed by atoms with E-state index in [9.17, 15) is 10.0 Å². The molecule has 0 saturated carbocycles. The highest BCUT2D eigenvalue weighted by molar-refractivity contribution is 9.07. The summed E-state index contributed by atoms with van der Waals surface area (Å²) in [5.74, 6) is -0.127. The second-order valence-electron chi connectivity index (χ2n) is 4.51. The molecule has 2 aliphatic rings. The molecule has 3 rings (SSSR count). The lowest BCUT2D eigenvalue weighted by Crippen LogP contribution is -2.63. The van der Waals surface area contributed by atoms with Gasteiger partial charge in [0.25, 0.3) is 5.91 Å². The third kappa shape index (κ3) is 1.49. The Hall–Kier alpha value is -1.11. The van der Waals surface area contributed by atoms with Gasteiger partial charge in [-0.25, -0.2) is 8.99 Å². The van der Waals surface area contributed by atoms with Gasteiger partial charge >= 0.3 is 0 Å². The Morgan fingerprint density at radius 1 is 1.28 bits per heavy atom. The zero-order chi connectivity index (χ0) is 12.8. The molecule has 96 valence electrons. The van der Waals surface area contributed by atoms with Crippen molar-refractivity contribution >= 4 is 27.7 Å². The van der Waals surface area contributed by atoms with Gasteiger partial charge in [-0.3, -0.25) is 10.0 Å². The van der Waals surface area contributed by atoms with E-state index in [4.69, 9.17) is 4.74 Å². The Kier molecular flexibility index (Phi) is 2.80. The maximum Gasteiger partial charge on any atom is 0.268 e. The molecule has 6 heteroatoms. The molecule has 1 spiro atoms. The number of hydrogen-bond acceptors (Lipinski definition) is 4. The predicted molar refractivity (Wildman–Crippen MR) is 68.6 cm³/mol. The van der Waals surface area contributed by atoms with Gasteiger partial charge in [0.05, 0.1) is 40.6 Å². The number of nitrogens with zero attached hydrogens (tertiary/aromatic N) is 2. The van der Waals surface area contributed by atoms with Crippen molar-refractivity contribution in [3.63, 3.8) is 0 Å². The van der Waals surface area contributed by atoms with Crippen LogP contribution in [0.4, 0.5) is 5.69 Å². The number of carbonyl (C=O) groups excluding carboxylic acids is 1. The first-order valence-corrected chi connectivity index (χ1v) is 6.54. The van der Waals surface area contributed by atoms with Crippen molar-refractivity contribution in [3.8, 4) is 0 Å². The molecule has 0 radical (unpaired) electrons. The van der Waals surface area contributed by atoms with E-state index in [0.29, 0.717) is 37.3 Å². The lowest BCUT2D eigenvalue weighted by molar-refractivity contribution is -0.0302. The summed E-state index contributed by atoms with van der Waals surface area (Å²) >= 11 is 3.31. The molecule has 0 bridgehead atoms. The van der Waals surface area contributed by atoms with Crippen molar-refractivity contribution in [1.29, 1.82) is 0 Å². The number of benzene rings is 1. The van der Waals surface area contributed by atoms with Crippen LogP contribution in [0, 0.1) is 0 Å². The molecule has 0 unspecified atom stereocenters. The minimum atomic E-state index is -0.746. The van der Waals surface area contributed by atoms with Crippen molar-refractivity contribution in [3.05, 3.63) is 29.8 Å². The number of ether oxygens (including phenoxy) is 1. The number of fused-ring (bicyclic) bond motifs is 1. The van der Waals surface area contributed by atoms with Crippen LogP contribution in [0.15, 0.2) is 24.3 Å². The third-order valence-corrected chi connectivity index (χ3v) is 4.58. The van der Waals surface area contributed by atoms with Crippen molar-refractivity contribution in [2.75, 3.05) is 18.3 Å². The smallest absolute Gasteiger partial charge is 0.268 e. The monoisotopic (exact) mass is 312 g/mol. The Morgan fingerprint density at radius 2 is 1.94 bits per heavy atom. The van der Waals surface area contributed by atoms with Crippen LogP contribution in [0.2, 0.25) is 0 Å². The van der Waals surface area contributed by atoms with Gasteiger partial charge in [0.1, 0.15) is 0 Å². The number of hydroxylamine groups is 1. The van der Waals surface area contributed by atoms with Crippen molar-refractivity contribution in [1.82, 2.24) is 3.93 Å². The molecule has 0 aliphatic carbocycles. The zero-order valence-corrected chi connectivity index (χ0v) is 11.3.